The van der Waals surface area contributed by atoms with Crippen LogP contribution >= 0.6 is 12.4 Å². The topological polar surface area (TPSA) is 80.0 Å². The van der Waals surface area contributed by atoms with Crippen LogP contribution in [0.3, 0.4) is 0 Å². The molecule has 0 radical (unpaired) electrons. The fourth-order valence-corrected chi connectivity index (χ4v) is 3.43. The Bertz CT molecular complexity index is 751. The summed E-state index contributed by atoms with van der Waals surface area (Å²) in [5.74, 6) is 0.455. The lowest BCUT2D eigenvalue weighted by molar-refractivity contribution is 0.0931. The van der Waals surface area contributed by atoms with Gasteiger partial charge in [-0.3, -0.25) is 4.79 Å². The van der Waals surface area contributed by atoms with Gasteiger partial charge >= 0.3 is 0 Å². The molecule has 0 atom stereocenters. The van der Waals surface area contributed by atoms with E-state index in [4.69, 9.17) is 4.52 Å². The molecule has 1 amide bonds. The number of piperidine rings is 1. The highest BCUT2D eigenvalue weighted by molar-refractivity contribution is 6.06. The van der Waals surface area contributed by atoms with Crippen LogP contribution in [0.1, 0.15) is 66.7 Å². The van der Waals surface area contributed by atoms with Gasteiger partial charge < -0.3 is 15.2 Å². The number of aryl methyl sites for hydroxylation is 1. The van der Waals surface area contributed by atoms with Gasteiger partial charge in [-0.25, -0.2) is 4.98 Å². The second-order valence-corrected chi connectivity index (χ2v) is 6.93. The van der Waals surface area contributed by atoms with Gasteiger partial charge in [-0.15, -0.1) is 12.4 Å². The van der Waals surface area contributed by atoms with Crippen molar-refractivity contribution in [2.24, 2.45) is 0 Å². The number of carbonyl (C=O) groups is 1. The third-order valence-electron chi connectivity index (χ3n) is 4.94. The van der Waals surface area contributed by atoms with Gasteiger partial charge in [0.1, 0.15) is 0 Å². The van der Waals surface area contributed by atoms with Crippen molar-refractivity contribution in [2.75, 3.05) is 13.1 Å². The van der Waals surface area contributed by atoms with Crippen LogP contribution in [0.2, 0.25) is 0 Å². The molecule has 2 aliphatic rings. The van der Waals surface area contributed by atoms with E-state index in [1.807, 2.05) is 6.07 Å². The summed E-state index contributed by atoms with van der Waals surface area (Å²) >= 11 is 0. The zero-order valence-corrected chi connectivity index (χ0v) is 15.3. The summed E-state index contributed by atoms with van der Waals surface area (Å²) in [6, 6.07) is 2.20. The molecule has 1 saturated carbocycles. The summed E-state index contributed by atoms with van der Waals surface area (Å²) in [5.41, 5.74) is 3.01. The average Bonchev–Trinajstić information content (AvgIpc) is 3.38. The van der Waals surface area contributed by atoms with Gasteiger partial charge in [-0.05, 0) is 51.3 Å². The Balaban J connectivity index is 0.00000182. The summed E-state index contributed by atoms with van der Waals surface area (Å²) in [6.07, 6.45) is 5.99. The van der Waals surface area contributed by atoms with E-state index < -0.39 is 0 Å². The molecule has 1 saturated heterocycles. The summed E-state index contributed by atoms with van der Waals surface area (Å²) in [4.78, 5) is 17.6. The Morgan fingerprint density at radius 1 is 1.32 bits per heavy atom. The van der Waals surface area contributed by atoms with Crippen molar-refractivity contribution in [3.8, 4) is 0 Å². The number of rotatable bonds is 5. The third kappa shape index (κ3) is 3.80. The van der Waals surface area contributed by atoms with Gasteiger partial charge in [0.05, 0.1) is 16.6 Å². The highest BCUT2D eigenvalue weighted by Crippen LogP contribution is 2.40. The number of pyridine rings is 1. The molecular weight excluding hydrogens is 340 g/mol. The van der Waals surface area contributed by atoms with Crippen molar-refractivity contribution in [3.63, 3.8) is 0 Å². The van der Waals surface area contributed by atoms with Crippen LogP contribution in [0, 0.1) is 0 Å². The molecule has 4 rings (SSSR count). The maximum absolute atomic E-state index is 12.9. The molecule has 1 aliphatic carbocycles. The van der Waals surface area contributed by atoms with Crippen LogP contribution in [0.25, 0.3) is 11.1 Å². The maximum atomic E-state index is 12.9. The fraction of sp³-hybridized carbons (Fsp3) is 0.611. The first-order valence-corrected chi connectivity index (χ1v) is 9.07. The Morgan fingerprint density at radius 3 is 2.76 bits per heavy atom. The summed E-state index contributed by atoms with van der Waals surface area (Å²) in [7, 11) is 0. The summed E-state index contributed by atoms with van der Waals surface area (Å²) in [5, 5.41) is 11.5. The summed E-state index contributed by atoms with van der Waals surface area (Å²) < 4.78 is 5.45. The first-order chi connectivity index (χ1) is 11.8. The van der Waals surface area contributed by atoms with Crippen LogP contribution in [0.15, 0.2) is 10.6 Å². The number of hydrogen-bond donors (Lipinski definition) is 2. The third-order valence-corrected chi connectivity index (χ3v) is 4.94. The predicted octanol–water partition coefficient (Wildman–Crippen LogP) is 2.96. The van der Waals surface area contributed by atoms with Crippen LogP contribution < -0.4 is 10.6 Å². The molecule has 2 fully saturated rings. The van der Waals surface area contributed by atoms with Gasteiger partial charge in [0.2, 0.25) is 0 Å². The zero-order chi connectivity index (χ0) is 16.5. The van der Waals surface area contributed by atoms with E-state index in [1.165, 1.54) is 0 Å². The van der Waals surface area contributed by atoms with Gasteiger partial charge in [0, 0.05) is 17.7 Å². The monoisotopic (exact) mass is 364 g/mol. The second kappa shape index (κ2) is 7.70. The van der Waals surface area contributed by atoms with Crippen LogP contribution in [0.4, 0.5) is 0 Å². The smallest absolute Gasteiger partial charge is 0.259 e. The molecule has 7 heteroatoms. The van der Waals surface area contributed by atoms with Crippen molar-refractivity contribution < 1.29 is 9.32 Å². The molecule has 25 heavy (non-hydrogen) atoms. The van der Waals surface area contributed by atoms with E-state index in [0.717, 1.165) is 68.4 Å². The minimum atomic E-state index is -0.0169. The Morgan fingerprint density at radius 2 is 2.08 bits per heavy atom. The zero-order valence-electron chi connectivity index (χ0n) is 14.5. The first-order valence-electron chi connectivity index (χ1n) is 9.07. The van der Waals surface area contributed by atoms with Gasteiger partial charge in [0.15, 0.2) is 0 Å². The number of amides is 1. The fourth-order valence-electron chi connectivity index (χ4n) is 3.43. The van der Waals surface area contributed by atoms with Crippen LogP contribution in [-0.2, 0) is 6.42 Å². The lowest BCUT2D eigenvalue weighted by atomic mass is 10.0. The minimum Gasteiger partial charge on any atom is -0.349 e. The van der Waals surface area contributed by atoms with Crippen molar-refractivity contribution in [3.05, 3.63) is 23.0 Å². The lowest BCUT2D eigenvalue weighted by Crippen LogP contribution is -2.42. The quantitative estimate of drug-likeness (QED) is 0.852. The largest absolute Gasteiger partial charge is 0.349 e. The molecule has 136 valence electrons. The number of carbonyl (C=O) groups excluding carboxylic acids is 1. The van der Waals surface area contributed by atoms with Crippen molar-refractivity contribution >= 4 is 29.4 Å². The van der Waals surface area contributed by atoms with Crippen molar-refractivity contribution in [1.82, 2.24) is 20.8 Å². The number of fused-ring (bicyclic) bond motifs is 1. The molecule has 6 nitrogen and oxygen atoms in total. The number of nitrogens with zero attached hydrogens (tertiary/aromatic N) is 2. The van der Waals surface area contributed by atoms with Crippen LogP contribution in [-0.4, -0.2) is 35.2 Å². The second-order valence-electron chi connectivity index (χ2n) is 6.93. The normalized spacial score (nSPS) is 18.1. The van der Waals surface area contributed by atoms with E-state index >= 15 is 0 Å². The highest BCUT2D eigenvalue weighted by atomic mass is 35.5. The molecule has 0 bridgehead atoms. The molecule has 2 N–H and O–H groups in total. The minimum absolute atomic E-state index is 0. The number of hydrogen-bond acceptors (Lipinski definition) is 5. The van der Waals surface area contributed by atoms with E-state index in [9.17, 15) is 4.79 Å². The first kappa shape index (κ1) is 18.1. The molecule has 2 aromatic heterocycles. The molecule has 0 unspecified atom stereocenters. The Labute approximate surface area is 153 Å². The van der Waals surface area contributed by atoms with E-state index in [0.29, 0.717) is 17.2 Å². The number of halogens is 1. The number of nitrogens with one attached hydrogen (secondary N) is 2. The SMILES string of the molecule is CCCc1noc2nc(C3CC3)cc(C(=O)NC3CCNCC3)c12.Cl. The maximum Gasteiger partial charge on any atom is 0.259 e. The predicted molar refractivity (Wildman–Crippen MR) is 98.4 cm³/mol. The number of aromatic nitrogens is 2. The van der Waals surface area contributed by atoms with E-state index in [1.54, 1.807) is 0 Å². The average molecular weight is 365 g/mol. The van der Waals surface area contributed by atoms with Gasteiger partial charge in [0.25, 0.3) is 11.6 Å². The lowest BCUT2D eigenvalue weighted by Gasteiger charge is -2.23. The Kier molecular flexibility index (Phi) is 5.59. The summed E-state index contributed by atoms with van der Waals surface area (Å²) in [6.45, 7) is 4.01. The standard InChI is InChI=1S/C18H24N4O2.ClH/c1-2-3-14-16-13(17(23)20-12-6-8-19-9-7-12)10-15(11-4-5-11)21-18(16)24-22-14;/h10-12,19H,2-9H2,1H3,(H,20,23);1H. The molecular formula is C18H25ClN4O2. The molecule has 0 aromatic carbocycles. The molecule has 2 aromatic rings. The van der Waals surface area contributed by atoms with Crippen molar-refractivity contribution in [1.29, 1.82) is 0 Å². The van der Waals surface area contributed by atoms with Crippen LogP contribution in [0.5, 0.6) is 0 Å². The Hall–Kier alpha value is -1.66. The highest BCUT2D eigenvalue weighted by Gasteiger charge is 2.29. The van der Waals surface area contributed by atoms with E-state index in [2.05, 4.69) is 27.7 Å². The van der Waals surface area contributed by atoms with Crippen molar-refractivity contribution in [2.45, 2.75) is 57.4 Å². The van der Waals surface area contributed by atoms with Gasteiger partial charge in [-0.2, -0.15) is 0 Å². The molecule has 0 spiro atoms. The van der Waals surface area contributed by atoms with Gasteiger partial charge in [-0.1, -0.05) is 18.5 Å². The molecule has 1 aliphatic heterocycles. The van der Waals surface area contributed by atoms with E-state index in [-0.39, 0.29) is 24.4 Å². The molecule has 3 heterocycles.